The van der Waals surface area contributed by atoms with E-state index in [1.807, 2.05) is 6.92 Å². The number of carbonyl (C=O) groups excluding carboxylic acids is 2. The second-order valence-corrected chi connectivity index (χ2v) is 12.1. The number of benzene rings is 1. The Morgan fingerprint density at radius 3 is 2.31 bits per heavy atom. The topological polar surface area (TPSA) is 231 Å². The molecule has 2 heterocycles. The Balaban J connectivity index is 1.15. The van der Waals surface area contributed by atoms with Gasteiger partial charge in [-0.3, -0.25) is 24.0 Å². The van der Waals surface area contributed by atoms with Gasteiger partial charge in [-0.25, -0.2) is 19.3 Å². The highest BCUT2D eigenvalue weighted by atomic mass is 16.4. The molecule has 3 fully saturated rings. The number of rotatable bonds is 10. The minimum absolute atomic E-state index is 0.0872. The number of nitrogens with two attached hydrogens (primary N) is 1. The molecule has 4 aromatic rings. The summed E-state index contributed by atoms with van der Waals surface area (Å²) in [5.74, 6) is -2.08. The van der Waals surface area contributed by atoms with Gasteiger partial charge in [0.05, 0.1) is 5.41 Å². The lowest BCUT2D eigenvalue weighted by atomic mass is 9.52. The van der Waals surface area contributed by atoms with Crippen LogP contribution in [0.1, 0.15) is 77.6 Å². The van der Waals surface area contributed by atoms with Gasteiger partial charge in [-0.05, 0) is 68.1 Å². The molecule has 0 radical (unpaired) electrons. The molecule has 3 aliphatic carbocycles. The third kappa shape index (κ3) is 5.13. The number of hydrogen-bond acceptors (Lipinski definition) is 10. The Morgan fingerprint density at radius 2 is 1.67 bits per heavy atom. The van der Waals surface area contributed by atoms with E-state index in [1.54, 1.807) is 24.3 Å². The zero-order chi connectivity index (χ0) is 32.1. The maximum atomic E-state index is 13.6. The van der Waals surface area contributed by atoms with Crippen molar-refractivity contribution in [3.63, 3.8) is 0 Å². The lowest BCUT2D eigenvalue weighted by molar-refractivity contribution is -0.159. The van der Waals surface area contributed by atoms with Crippen LogP contribution in [0.15, 0.2) is 44.7 Å². The van der Waals surface area contributed by atoms with Crippen LogP contribution in [0.2, 0.25) is 0 Å². The fourth-order valence-corrected chi connectivity index (χ4v) is 6.70. The Hall–Kier alpha value is -5.34. The zero-order valence-electron chi connectivity index (χ0n) is 24.4. The van der Waals surface area contributed by atoms with Crippen molar-refractivity contribution in [3.8, 4) is 0 Å². The number of aliphatic carboxylic acids is 1. The van der Waals surface area contributed by atoms with Crippen molar-refractivity contribution >= 4 is 34.9 Å². The molecule has 15 nitrogen and oxygen atoms in total. The lowest BCUT2D eigenvalue weighted by Gasteiger charge is -2.54. The third-order valence-corrected chi connectivity index (χ3v) is 9.74. The highest BCUT2D eigenvalue weighted by Gasteiger charge is 2.54. The van der Waals surface area contributed by atoms with E-state index < -0.39 is 39.7 Å². The number of H-pyrrole nitrogens is 1. The second kappa shape index (κ2) is 11.0. The van der Waals surface area contributed by atoms with Crippen LogP contribution in [0, 0.1) is 10.8 Å². The highest BCUT2D eigenvalue weighted by Crippen LogP contribution is 2.58. The Kier molecular flexibility index (Phi) is 7.25. The number of carbonyl (C=O) groups is 3. The maximum absolute atomic E-state index is 13.6. The number of carboxylic acid groups (broad SMARTS) is 1. The van der Waals surface area contributed by atoms with E-state index in [9.17, 15) is 33.9 Å². The van der Waals surface area contributed by atoms with E-state index in [-0.39, 0.29) is 53.1 Å². The molecule has 1 unspecified atom stereocenters. The van der Waals surface area contributed by atoms with Crippen LogP contribution in [-0.4, -0.2) is 48.5 Å². The molecule has 15 heteroatoms. The van der Waals surface area contributed by atoms with E-state index in [0.29, 0.717) is 38.5 Å². The van der Waals surface area contributed by atoms with Gasteiger partial charge in [0.25, 0.3) is 28.4 Å². The number of amides is 2. The summed E-state index contributed by atoms with van der Waals surface area (Å²) in [6.45, 7) is 2.23. The maximum Gasteiger partial charge on any atom is 0.349 e. The first-order valence-electron chi connectivity index (χ1n) is 14.6. The number of aromatic nitrogens is 4. The van der Waals surface area contributed by atoms with Crippen LogP contribution in [0.3, 0.4) is 0 Å². The molecule has 1 atom stereocenters. The van der Waals surface area contributed by atoms with Crippen LogP contribution in [0.25, 0.3) is 5.78 Å². The Morgan fingerprint density at radius 1 is 1.00 bits per heavy atom. The second-order valence-electron chi connectivity index (χ2n) is 12.1. The first-order chi connectivity index (χ1) is 21.4. The van der Waals surface area contributed by atoms with Gasteiger partial charge < -0.3 is 26.8 Å². The average Bonchev–Trinajstić information content (AvgIpc) is 3.44. The number of nitrogens with zero attached hydrogens (tertiary/aromatic N) is 3. The van der Waals surface area contributed by atoms with E-state index in [2.05, 4.69) is 31.1 Å². The molecule has 7 N–H and O–H groups in total. The summed E-state index contributed by atoms with van der Waals surface area (Å²) in [6.07, 6.45) is 3.69. The summed E-state index contributed by atoms with van der Waals surface area (Å²) in [5, 5.41) is 24.5. The number of nitrogen functional groups attached to an aromatic ring is 1. The van der Waals surface area contributed by atoms with Crippen molar-refractivity contribution in [1.29, 1.82) is 0 Å². The molecule has 2 bridgehead atoms. The number of hydrogen-bond donors (Lipinski definition) is 6. The van der Waals surface area contributed by atoms with Crippen LogP contribution in [0.4, 0.5) is 11.4 Å². The summed E-state index contributed by atoms with van der Waals surface area (Å²) in [6, 6.07) is 8.10. The number of carboxylic acids is 1. The first-order valence-corrected chi connectivity index (χ1v) is 14.6. The molecule has 45 heavy (non-hydrogen) atoms. The van der Waals surface area contributed by atoms with Gasteiger partial charge in [0.2, 0.25) is 0 Å². The van der Waals surface area contributed by atoms with Gasteiger partial charge >= 0.3 is 11.7 Å². The summed E-state index contributed by atoms with van der Waals surface area (Å²) in [7, 11) is 0. The van der Waals surface area contributed by atoms with Gasteiger partial charge in [-0.2, -0.15) is 0 Å². The molecule has 0 spiro atoms. The predicted octanol–water partition coefficient (Wildman–Crippen LogP) is 0.681. The van der Waals surface area contributed by atoms with E-state index >= 15 is 0 Å². The predicted molar refractivity (Wildman–Crippen MR) is 161 cm³/mol. The van der Waals surface area contributed by atoms with Crippen molar-refractivity contribution < 1.29 is 19.5 Å². The SMILES string of the molecule is CC(NC(=O)c1cc(C(=O)NCc2cccc(CNc3c(N)c(=O)c3=O)c2)nc2n[nH]c(=O)n12)C12CCC(C(=O)O)(CC1)CC2. The smallest absolute Gasteiger partial charge is 0.349 e. The minimum atomic E-state index is -0.759. The van der Waals surface area contributed by atoms with Crippen molar-refractivity contribution in [3.05, 3.63) is 83.8 Å². The summed E-state index contributed by atoms with van der Waals surface area (Å²) < 4.78 is 1.01. The molecular formula is C30H32N8O7. The van der Waals surface area contributed by atoms with Crippen molar-refractivity contribution in [2.75, 3.05) is 11.1 Å². The third-order valence-electron chi connectivity index (χ3n) is 9.74. The van der Waals surface area contributed by atoms with Crippen molar-refractivity contribution in [2.24, 2.45) is 10.8 Å². The van der Waals surface area contributed by atoms with Crippen molar-refractivity contribution in [2.45, 2.75) is 64.6 Å². The van der Waals surface area contributed by atoms with E-state index in [0.717, 1.165) is 15.5 Å². The minimum Gasteiger partial charge on any atom is -0.481 e. The molecule has 0 aliphatic heterocycles. The van der Waals surface area contributed by atoms with Crippen LogP contribution < -0.4 is 38.2 Å². The van der Waals surface area contributed by atoms with Crippen LogP contribution >= 0.6 is 0 Å². The number of fused-ring (bicyclic) bond motifs is 4. The van der Waals surface area contributed by atoms with Crippen molar-refractivity contribution in [1.82, 2.24) is 30.2 Å². The van der Waals surface area contributed by atoms with Crippen LogP contribution in [0.5, 0.6) is 0 Å². The summed E-state index contributed by atoms with van der Waals surface area (Å²) in [4.78, 5) is 78.2. The van der Waals surface area contributed by atoms with Gasteiger partial charge in [-0.1, -0.05) is 24.3 Å². The Labute approximate surface area is 254 Å². The molecule has 2 aromatic carbocycles. The monoisotopic (exact) mass is 616 g/mol. The summed E-state index contributed by atoms with van der Waals surface area (Å²) >= 11 is 0. The molecule has 234 valence electrons. The van der Waals surface area contributed by atoms with E-state index in [1.165, 1.54) is 6.07 Å². The number of nitrogens with one attached hydrogen (secondary N) is 4. The largest absolute Gasteiger partial charge is 0.481 e. The number of aromatic amines is 1. The zero-order valence-corrected chi connectivity index (χ0v) is 24.4. The van der Waals surface area contributed by atoms with Gasteiger partial charge in [0, 0.05) is 19.1 Å². The molecular weight excluding hydrogens is 584 g/mol. The molecule has 2 aromatic heterocycles. The molecule has 3 aliphatic rings. The fourth-order valence-electron chi connectivity index (χ4n) is 6.70. The normalized spacial score (nSPS) is 21.4. The van der Waals surface area contributed by atoms with Gasteiger partial charge in [0.15, 0.2) is 0 Å². The highest BCUT2D eigenvalue weighted by molar-refractivity contribution is 5.98. The lowest BCUT2D eigenvalue weighted by Crippen LogP contribution is -2.54. The standard InChI is InChI=1S/C30H32N8O7/c1-15(29-5-8-30(9-6-29,10-7-29)26(43)44)34-25(42)19-12-18(35-27-36-37-28(45)38(19)27)24(41)33-14-17-4-2-3-16(11-17)13-32-21-20(31)22(39)23(21)40/h2-4,11-12,15,32H,5-10,13-14,31H2,1H3,(H,33,41)(H,34,42)(H,37,45)(H,43,44). The van der Waals surface area contributed by atoms with Gasteiger partial charge in [-0.15, -0.1) is 5.10 Å². The fraction of sp³-hybridized carbons (Fsp3) is 0.400. The quantitative estimate of drug-likeness (QED) is 0.136. The van der Waals surface area contributed by atoms with Gasteiger partial charge in [0.1, 0.15) is 22.8 Å². The molecule has 2 amide bonds. The Bertz CT molecular complexity index is 1960. The first kappa shape index (κ1) is 29.7. The molecule has 3 saturated carbocycles. The molecule has 7 rings (SSSR count). The number of anilines is 2. The van der Waals surface area contributed by atoms with E-state index in [4.69, 9.17) is 5.73 Å². The molecule has 0 saturated heterocycles. The summed E-state index contributed by atoms with van der Waals surface area (Å²) in [5.41, 5.74) is 3.86. The average molecular weight is 617 g/mol. The van der Waals surface area contributed by atoms with Crippen LogP contribution in [-0.2, 0) is 17.9 Å².